The zero-order valence-corrected chi connectivity index (χ0v) is 16.4. The topological polar surface area (TPSA) is 0 Å². The average molecular weight is 363 g/mol. The van der Waals surface area contributed by atoms with Crippen LogP contribution in [-0.4, -0.2) is 0 Å². The van der Waals surface area contributed by atoms with Gasteiger partial charge in [0.1, 0.15) is 0 Å². The molecule has 0 aliphatic rings. The standard InChI is InChI=1S/C28H26/c1-2-9-28(26-18-14-24(15-19-26)22-10-5-3-6-11-22)27-20-16-25(17-21-27)23-12-7-4-8-13-23/h3-8,10-21,28H,2,9H2,1H3. The van der Waals surface area contributed by atoms with Crippen LogP contribution in [0.5, 0.6) is 0 Å². The lowest BCUT2D eigenvalue weighted by atomic mass is 9.86. The lowest BCUT2D eigenvalue weighted by molar-refractivity contribution is 0.698. The summed E-state index contributed by atoms with van der Waals surface area (Å²) in [5.74, 6) is 0.444. The Kier molecular flexibility index (Phi) is 5.68. The fourth-order valence-electron chi connectivity index (χ4n) is 3.89. The molecule has 28 heavy (non-hydrogen) atoms. The Bertz CT molecular complexity index is 898. The van der Waals surface area contributed by atoms with E-state index in [9.17, 15) is 0 Å². The molecule has 0 radical (unpaired) electrons. The largest absolute Gasteiger partial charge is 0.0653 e. The summed E-state index contributed by atoms with van der Waals surface area (Å²) in [5, 5.41) is 0. The summed E-state index contributed by atoms with van der Waals surface area (Å²) in [6, 6.07) is 39.4. The first-order valence-electron chi connectivity index (χ1n) is 10.2. The number of hydrogen-bond acceptors (Lipinski definition) is 0. The van der Waals surface area contributed by atoms with E-state index in [4.69, 9.17) is 0 Å². The Morgan fingerprint density at radius 2 is 0.821 bits per heavy atom. The summed E-state index contributed by atoms with van der Waals surface area (Å²) >= 11 is 0. The molecule has 0 amide bonds. The molecule has 4 aromatic carbocycles. The Hall–Kier alpha value is -3.12. The fourth-order valence-corrected chi connectivity index (χ4v) is 3.89. The SMILES string of the molecule is CCCC(c1ccc(-c2ccccc2)cc1)c1ccc(-c2ccccc2)cc1. The van der Waals surface area contributed by atoms with E-state index >= 15 is 0 Å². The third-order valence-corrected chi connectivity index (χ3v) is 5.42. The molecule has 0 N–H and O–H groups in total. The van der Waals surface area contributed by atoms with Crippen molar-refractivity contribution in [1.82, 2.24) is 0 Å². The molecule has 0 bridgehead atoms. The highest BCUT2D eigenvalue weighted by Crippen LogP contribution is 2.32. The van der Waals surface area contributed by atoms with Gasteiger partial charge in [0.2, 0.25) is 0 Å². The van der Waals surface area contributed by atoms with Gasteiger partial charge in [0.05, 0.1) is 0 Å². The summed E-state index contributed by atoms with van der Waals surface area (Å²) in [4.78, 5) is 0. The Morgan fingerprint density at radius 3 is 1.18 bits per heavy atom. The minimum atomic E-state index is 0.444. The van der Waals surface area contributed by atoms with Gasteiger partial charge in [-0.15, -0.1) is 0 Å². The third-order valence-electron chi connectivity index (χ3n) is 5.42. The maximum Gasteiger partial charge on any atom is 0.00892 e. The second kappa shape index (κ2) is 8.71. The van der Waals surface area contributed by atoms with Crippen LogP contribution < -0.4 is 0 Å². The van der Waals surface area contributed by atoms with Crippen LogP contribution in [0.15, 0.2) is 109 Å². The van der Waals surface area contributed by atoms with E-state index in [0.717, 1.165) is 6.42 Å². The molecule has 0 aromatic heterocycles. The molecule has 0 fully saturated rings. The predicted octanol–water partition coefficient (Wildman–Crippen LogP) is 7.95. The first kappa shape index (κ1) is 18.3. The van der Waals surface area contributed by atoms with Crippen LogP contribution in [0.4, 0.5) is 0 Å². The lowest BCUT2D eigenvalue weighted by Crippen LogP contribution is -2.01. The van der Waals surface area contributed by atoms with Crippen molar-refractivity contribution in [1.29, 1.82) is 0 Å². The minimum Gasteiger partial charge on any atom is -0.0653 e. The number of hydrogen-bond donors (Lipinski definition) is 0. The average Bonchev–Trinajstić information content (AvgIpc) is 2.79. The lowest BCUT2D eigenvalue weighted by Gasteiger charge is -2.18. The van der Waals surface area contributed by atoms with E-state index in [-0.39, 0.29) is 0 Å². The molecule has 0 nitrogen and oxygen atoms in total. The van der Waals surface area contributed by atoms with Gasteiger partial charge in [-0.25, -0.2) is 0 Å². The maximum atomic E-state index is 2.30. The van der Waals surface area contributed by atoms with Crippen molar-refractivity contribution in [3.63, 3.8) is 0 Å². The third kappa shape index (κ3) is 4.07. The van der Waals surface area contributed by atoms with Crippen molar-refractivity contribution in [2.75, 3.05) is 0 Å². The first-order valence-corrected chi connectivity index (χ1v) is 10.2. The molecular formula is C28H26. The van der Waals surface area contributed by atoms with E-state index in [2.05, 4.69) is 116 Å². The molecule has 0 atom stereocenters. The molecule has 0 saturated carbocycles. The van der Waals surface area contributed by atoms with Gasteiger partial charge in [0.15, 0.2) is 0 Å². The van der Waals surface area contributed by atoms with Crippen molar-refractivity contribution in [2.45, 2.75) is 25.7 Å². The molecule has 138 valence electrons. The fraction of sp³-hybridized carbons (Fsp3) is 0.143. The quantitative estimate of drug-likeness (QED) is 0.326. The van der Waals surface area contributed by atoms with Crippen molar-refractivity contribution in [3.05, 3.63) is 120 Å². The normalized spacial score (nSPS) is 10.9. The van der Waals surface area contributed by atoms with Gasteiger partial charge >= 0.3 is 0 Å². The second-order valence-corrected chi connectivity index (χ2v) is 7.32. The minimum absolute atomic E-state index is 0.444. The van der Waals surface area contributed by atoms with Crippen molar-refractivity contribution in [3.8, 4) is 22.3 Å². The molecule has 0 aliphatic carbocycles. The molecule has 0 saturated heterocycles. The molecule has 0 unspecified atom stereocenters. The first-order chi connectivity index (χ1) is 13.8. The summed E-state index contributed by atoms with van der Waals surface area (Å²) in [5.41, 5.74) is 7.89. The van der Waals surface area contributed by atoms with Gasteiger partial charge in [0.25, 0.3) is 0 Å². The van der Waals surface area contributed by atoms with Crippen LogP contribution in [0.2, 0.25) is 0 Å². The summed E-state index contributed by atoms with van der Waals surface area (Å²) < 4.78 is 0. The van der Waals surface area contributed by atoms with Crippen LogP contribution in [-0.2, 0) is 0 Å². The highest BCUT2D eigenvalue weighted by atomic mass is 14.2. The molecule has 4 rings (SSSR count). The van der Waals surface area contributed by atoms with Crippen LogP contribution in [0, 0.1) is 0 Å². The number of benzene rings is 4. The summed E-state index contributed by atoms with van der Waals surface area (Å²) in [6.45, 7) is 2.27. The van der Waals surface area contributed by atoms with Gasteiger partial charge in [-0.05, 0) is 39.8 Å². The van der Waals surface area contributed by atoms with Gasteiger partial charge < -0.3 is 0 Å². The maximum absolute atomic E-state index is 2.30. The van der Waals surface area contributed by atoms with E-state index in [1.54, 1.807) is 0 Å². The molecular weight excluding hydrogens is 336 g/mol. The zero-order valence-electron chi connectivity index (χ0n) is 16.4. The van der Waals surface area contributed by atoms with E-state index in [1.807, 2.05) is 0 Å². The number of rotatable bonds is 6. The Labute approximate surface area is 168 Å². The van der Waals surface area contributed by atoms with Crippen molar-refractivity contribution in [2.24, 2.45) is 0 Å². The molecule has 0 heterocycles. The smallest absolute Gasteiger partial charge is 0.00892 e. The van der Waals surface area contributed by atoms with E-state index in [1.165, 1.54) is 39.8 Å². The van der Waals surface area contributed by atoms with Gasteiger partial charge in [0, 0.05) is 5.92 Å². The van der Waals surface area contributed by atoms with Crippen LogP contribution >= 0.6 is 0 Å². The zero-order chi connectivity index (χ0) is 19.2. The molecule has 4 aromatic rings. The van der Waals surface area contributed by atoms with Gasteiger partial charge in [-0.3, -0.25) is 0 Å². The molecule has 0 heteroatoms. The second-order valence-electron chi connectivity index (χ2n) is 7.32. The van der Waals surface area contributed by atoms with Gasteiger partial charge in [-0.2, -0.15) is 0 Å². The van der Waals surface area contributed by atoms with Crippen molar-refractivity contribution >= 4 is 0 Å². The van der Waals surface area contributed by atoms with Gasteiger partial charge in [-0.1, -0.05) is 123 Å². The van der Waals surface area contributed by atoms with Crippen LogP contribution in [0.1, 0.15) is 36.8 Å². The Balaban J connectivity index is 1.60. The molecule has 0 spiro atoms. The van der Waals surface area contributed by atoms with Crippen LogP contribution in [0.25, 0.3) is 22.3 Å². The Morgan fingerprint density at radius 1 is 0.464 bits per heavy atom. The monoisotopic (exact) mass is 362 g/mol. The predicted molar refractivity (Wildman–Crippen MR) is 121 cm³/mol. The highest BCUT2D eigenvalue weighted by Gasteiger charge is 2.14. The van der Waals surface area contributed by atoms with Crippen LogP contribution in [0.3, 0.4) is 0 Å². The van der Waals surface area contributed by atoms with E-state index in [0.29, 0.717) is 5.92 Å². The summed E-state index contributed by atoms with van der Waals surface area (Å²) in [7, 11) is 0. The van der Waals surface area contributed by atoms with Crippen molar-refractivity contribution < 1.29 is 0 Å². The summed E-state index contributed by atoms with van der Waals surface area (Å²) in [6.07, 6.45) is 2.33. The molecule has 0 aliphatic heterocycles. The van der Waals surface area contributed by atoms with E-state index < -0.39 is 0 Å². The highest BCUT2D eigenvalue weighted by molar-refractivity contribution is 5.65.